The van der Waals surface area contributed by atoms with E-state index in [9.17, 15) is 4.79 Å². The van der Waals surface area contributed by atoms with Gasteiger partial charge in [0.15, 0.2) is 7.98 Å². The highest BCUT2D eigenvalue weighted by Crippen LogP contribution is 2.44. The third-order valence-corrected chi connectivity index (χ3v) is 6.06. The van der Waals surface area contributed by atoms with E-state index in [-0.39, 0.29) is 17.5 Å². The van der Waals surface area contributed by atoms with Crippen molar-refractivity contribution in [2.24, 2.45) is 0 Å². The van der Waals surface area contributed by atoms with Crippen LogP contribution in [0.15, 0.2) is 23.9 Å². The van der Waals surface area contributed by atoms with E-state index in [0.29, 0.717) is 6.54 Å². The molecule has 1 spiro atoms. The first kappa shape index (κ1) is 17.3. The van der Waals surface area contributed by atoms with E-state index in [4.69, 9.17) is 9.47 Å². The lowest BCUT2D eigenvalue weighted by Gasteiger charge is -2.38. The lowest BCUT2D eigenvalue weighted by molar-refractivity contribution is 0.218. The van der Waals surface area contributed by atoms with Crippen molar-refractivity contribution in [2.45, 2.75) is 37.8 Å². The predicted molar refractivity (Wildman–Crippen MR) is 102 cm³/mol. The minimum absolute atomic E-state index is 0.00244. The Morgan fingerprint density at radius 1 is 1.23 bits per heavy atom. The molecule has 2 fully saturated rings. The van der Waals surface area contributed by atoms with Gasteiger partial charge in [-0.25, -0.2) is 4.79 Å². The molecular weight excluding hydrogens is 329 g/mol. The number of fused-ring (bicyclic) bond motifs is 3. The molecule has 138 valence electrons. The molecule has 1 N–H and O–H groups in total. The maximum absolute atomic E-state index is 12.8. The molecule has 3 aliphatic heterocycles. The molecule has 2 amide bonds. The Bertz CT molecular complexity index is 772. The molecule has 0 bridgehead atoms. The van der Waals surface area contributed by atoms with Crippen molar-refractivity contribution in [3.63, 3.8) is 0 Å². The van der Waals surface area contributed by atoms with E-state index in [1.165, 1.54) is 0 Å². The third kappa shape index (κ3) is 2.57. The molecule has 1 unspecified atom stereocenters. The number of methoxy groups -OCH3 is 2. The molecule has 1 aromatic rings. The third-order valence-electron chi connectivity index (χ3n) is 6.06. The van der Waals surface area contributed by atoms with Crippen molar-refractivity contribution in [3.05, 3.63) is 35.0 Å². The highest BCUT2D eigenvalue weighted by Gasteiger charge is 2.49. The van der Waals surface area contributed by atoms with Crippen molar-refractivity contribution in [1.29, 1.82) is 0 Å². The number of carbonyl (C=O) groups is 1. The monoisotopic (exact) mass is 355 g/mol. The van der Waals surface area contributed by atoms with Gasteiger partial charge < -0.3 is 19.6 Å². The van der Waals surface area contributed by atoms with Crippen molar-refractivity contribution < 1.29 is 14.3 Å². The van der Waals surface area contributed by atoms with Gasteiger partial charge in [0.1, 0.15) is 11.5 Å². The van der Waals surface area contributed by atoms with Crippen LogP contribution in [0.1, 0.15) is 36.8 Å². The molecule has 1 aromatic carbocycles. The summed E-state index contributed by atoms with van der Waals surface area (Å²) >= 11 is 0. The van der Waals surface area contributed by atoms with E-state index in [2.05, 4.69) is 31.1 Å². The fourth-order valence-electron chi connectivity index (χ4n) is 4.57. The molecule has 3 heterocycles. The average Bonchev–Trinajstić information content (AvgIpc) is 2.78. The number of ether oxygens (including phenoxy) is 2. The van der Waals surface area contributed by atoms with Gasteiger partial charge in [-0.05, 0) is 37.6 Å². The van der Waals surface area contributed by atoms with Gasteiger partial charge in [0.25, 0.3) is 0 Å². The van der Waals surface area contributed by atoms with E-state index in [1.54, 1.807) is 14.2 Å². The smallest absolute Gasteiger partial charge is 0.322 e. The fraction of sp³-hybridized carbons (Fsp3) is 0.526. The van der Waals surface area contributed by atoms with E-state index in [1.807, 2.05) is 17.0 Å². The maximum Gasteiger partial charge on any atom is 0.322 e. The van der Waals surface area contributed by atoms with Gasteiger partial charge in [-0.15, -0.1) is 0 Å². The molecule has 0 aromatic heterocycles. The highest BCUT2D eigenvalue weighted by atomic mass is 16.5. The van der Waals surface area contributed by atoms with Gasteiger partial charge in [0.2, 0.25) is 0 Å². The fourth-order valence-corrected chi connectivity index (χ4v) is 4.57. The van der Waals surface area contributed by atoms with E-state index in [0.717, 1.165) is 54.3 Å². The molecule has 3 aliphatic rings. The summed E-state index contributed by atoms with van der Waals surface area (Å²) in [4.78, 5) is 17.1. The van der Waals surface area contributed by atoms with Gasteiger partial charge >= 0.3 is 6.03 Å². The van der Waals surface area contributed by atoms with Gasteiger partial charge in [-0.1, -0.05) is 13.0 Å². The Kier molecular flexibility index (Phi) is 4.14. The highest BCUT2D eigenvalue weighted by molar-refractivity contribution is 6.04. The normalized spacial score (nSPS) is 24.4. The van der Waals surface area contributed by atoms with Crippen molar-refractivity contribution in [1.82, 2.24) is 15.0 Å². The summed E-state index contributed by atoms with van der Waals surface area (Å²) in [7, 11) is 5.48. The minimum Gasteiger partial charge on any atom is -0.497 e. The summed E-state index contributed by atoms with van der Waals surface area (Å²) in [5.74, 6) is 1.74. The molecule has 7 heteroatoms. The summed E-state index contributed by atoms with van der Waals surface area (Å²) in [5, 5.41) is 3.30. The minimum atomic E-state index is -0.239. The molecule has 0 radical (unpaired) electrons. The number of benzene rings is 1. The van der Waals surface area contributed by atoms with Gasteiger partial charge in [0, 0.05) is 23.2 Å². The summed E-state index contributed by atoms with van der Waals surface area (Å²) in [5.41, 5.74) is 3.11. The summed E-state index contributed by atoms with van der Waals surface area (Å²) < 4.78 is 11.1. The number of allylic oxidation sites excluding steroid dienone is 1. The Labute approximate surface area is 155 Å². The number of hydrogen-bond donors (Lipinski definition) is 1. The van der Waals surface area contributed by atoms with Gasteiger partial charge in [-0.3, -0.25) is 4.90 Å². The van der Waals surface area contributed by atoms with Crippen LogP contribution >= 0.6 is 0 Å². The van der Waals surface area contributed by atoms with Gasteiger partial charge in [0.05, 0.1) is 26.3 Å². The van der Waals surface area contributed by atoms with Crippen molar-refractivity contribution in [3.8, 4) is 11.5 Å². The van der Waals surface area contributed by atoms with Crippen molar-refractivity contribution in [2.75, 3.05) is 27.3 Å². The zero-order chi connectivity index (χ0) is 18.5. The number of nitrogens with one attached hydrogen (secondary N) is 1. The Hall–Kier alpha value is -2.15. The van der Waals surface area contributed by atoms with Crippen LogP contribution in [0.2, 0.25) is 0 Å². The SMILES string of the molecule is BN1CCC2(CC1)NC(=O)N1Cc3cc(OC)cc(OC)c3C(C)C=C12. The average molecular weight is 355 g/mol. The Morgan fingerprint density at radius 2 is 1.96 bits per heavy atom. The first-order valence-corrected chi connectivity index (χ1v) is 9.23. The van der Waals surface area contributed by atoms with Crippen LogP contribution in [0.4, 0.5) is 4.79 Å². The summed E-state index contributed by atoms with van der Waals surface area (Å²) in [6.07, 6.45) is 4.15. The zero-order valence-electron chi connectivity index (χ0n) is 16.0. The Morgan fingerprint density at radius 3 is 2.62 bits per heavy atom. The molecule has 6 nitrogen and oxygen atoms in total. The number of piperidine rings is 1. The topological polar surface area (TPSA) is 54.0 Å². The van der Waals surface area contributed by atoms with E-state index >= 15 is 0 Å². The van der Waals surface area contributed by atoms with Gasteiger partial charge in [-0.2, -0.15) is 0 Å². The van der Waals surface area contributed by atoms with Crippen molar-refractivity contribution >= 4 is 14.0 Å². The maximum atomic E-state index is 12.8. The van der Waals surface area contributed by atoms with Crippen LogP contribution < -0.4 is 14.8 Å². The quantitative estimate of drug-likeness (QED) is 0.819. The second kappa shape index (κ2) is 6.23. The second-order valence-corrected chi connectivity index (χ2v) is 7.64. The van der Waals surface area contributed by atoms with Crippen LogP contribution in [-0.4, -0.2) is 56.6 Å². The molecule has 0 aliphatic carbocycles. The number of urea groups is 1. The number of amides is 2. The zero-order valence-corrected chi connectivity index (χ0v) is 16.0. The first-order chi connectivity index (χ1) is 12.5. The molecule has 4 rings (SSSR count). The number of rotatable bonds is 2. The number of carbonyl (C=O) groups excluding carboxylic acids is 1. The molecule has 1 atom stereocenters. The molecule has 2 saturated heterocycles. The summed E-state index contributed by atoms with van der Waals surface area (Å²) in [6, 6.07) is 3.95. The second-order valence-electron chi connectivity index (χ2n) is 7.64. The molecular formula is C19H26BN3O3. The molecule has 26 heavy (non-hydrogen) atoms. The van der Waals surface area contributed by atoms with E-state index < -0.39 is 0 Å². The lowest BCUT2D eigenvalue weighted by atomic mass is 9.82. The van der Waals surface area contributed by atoms with Crippen LogP contribution in [0.5, 0.6) is 11.5 Å². The standard InChI is InChI=1S/C19H26BN3O3/c1-12-8-16-19(4-6-22(20)7-5-19)21-18(24)23(16)11-13-9-14(25-2)10-15(26-3)17(12)13/h8-10,12H,4-7,11,20H2,1-3H3,(H,21,24). The summed E-state index contributed by atoms with van der Waals surface area (Å²) in [6.45, 7) is 4.70. The predicted octanol–water partition coefficient (Wildman–Crippen LogP) is 1.61. The Balaban J connectivity index is 1.79. The van der Waals surface area contributed by atoms with Crippen LogP contribution in [0.3, 0.4) is 0 Å². The van der Waals surface area contributed by atoms with Crippen LogP contribution in [-0.2, 0) is 6.54 Å². The van der Waals surface area contributed by atoms with Crippen LogP contribution in [0, 0.1) is 0 Å². The van der Waals surface area contributed by atoms with Crippen LogP contribution in [0.25, 0.3) is 0 Å². The number of hydrogen-bond acceptors (Lipinski definition) is 4. The first-order valence-electron chi connectivity index (χ1n) is 9.23. The largest absolute Gasteiger partial charge is 0.497 e. The lowest BCUT2D eigenvalue weighted by Crippen LogP contribution is -2.51. The number of nitrogens with zero attached hydrogens (tertiary/aromatic N) is 2. The molecule has 0 saturated carbocycles.